The third-order valence-electron chi connectivity index (χ3n) is 5.09. The van der Waals surface area contributed by atoms with E-state index in [1.165, 1.54) is 16.9 Å². The molecule has 1 aromatic carbocycles. The van der Waals surface area contributed by atoms with Crippen LogP contribution in [0.15, 0.2) is 41.3 Å². The van der Waals surface area contributed by atoms with Crippen molar-refractivity contribution in [2.45, 2.75) is 37.1 Å². The number of nitrogen functional groups attached to an aromatic ring is 1. The molecule has 1 aliphatic rings. The summed E-state index contributed by atoms with van der Waals surface area (Å²) in [7, 11) is 0. The summed E-state index contributed by atoms with van der Waals surface area (Å²) in [6, 6.07) is 12.9. The molecule has 3 aromatic rings. The number of benzene rings is 1. The van der Waals surface area contributed by atoms with Crippen LogP contribution in [0.2, 0.25) is 0 Å². The molecule has 0 saturated carbocycles. The molecule has 136 valence electrons. The van der Waals surface area contributed by atoms with Crippen LogP contribution in [0.3, 0.4) is 0 Å². The Kier molecular flexibility index (Phi) is 4.87. The molecule has 0 aliphatic carbocycles. The van der Waals surface area contributed by atoms with Crippen molar-refractivity contribution in [1.82, 2.24) is 19.5 Å². The highest BCUT2D eigenvalue weighted by atomic mass is 32.2. The van der Waals surface area contributed by atoms with Gasteiger partial charge in [-0.2, -0.15) is 9.61 Å². The smallest absolute Gasteiger partial charge is 0.157 e. The third kappa shape index (κ3) is 3.57. The first kappa shape index (κ1) is 17.4. The summed E-state index contributed by atoms with van der Waals surface area (Å²) in [5.74, 6) is 1.10. The molecule has 1 fully saturated rings. The molecule has 26 heavy (non-hydrogen) atoms. The molecule has 2 N–H and O–H groups in total. The van der Waals surface area contributed by atoms with Crippen LogP contribution < -0.4 is 5.73 Å². The van der Waals surface area contributed by atoms with E-state index in [1.54, 1.807) is 16.3 Å². The van der Waals surface area contributed by atoms with Crippen LogP contribution in [0.25, 0.3) is 5.65 Å². The van der Waals surface area contributed by atoms with E-state index in [0.29, 0.717) is 11.7 Å². The van der Waals surface area contributed by atoms with Gasteiger partial charge in [0.1, 0.15) is 5.82 Å². The van der Waals surface area contributed by atoms with E-state index in [-0.39, 0.29) is 0 Å². The van der Waals surface area contributed by atoms with Crippen LogP contribution in [-0.2, 0) is 6.54 Å². The van der Waals surface area contributed by atoms with Gasteiger partial charge in [0.2, 0.25) is 0 Å². The van der Waals surface area contributed by atoms with Crippen molar-refractivity contribution < 1.29 is 0 Å². The molecule has 0 radical (unpaired) electrons. The summed E-state index contributed by atoms with van der Waals surface area (Å²) >= 11 is 1.78. The summed E-state index contributed by atoms with van der Waals surface area (Å²) in [4.78, 5) is 8.68. The quantitative estimate of drug-likeness (QED) is 0.712. The number of aryl methyl sites for hydroxylation is 1. The summed E-state index contributed by atoms with van der Waals surface area (Å²) in [5.41, 5.74) is 10.5. The lowest BCUT2D eigenvalue weighted by atomic mass is 9.94. The van der Waals surface area contributed by atoms with Gasteiger partial charge in [0.25, 0.3) is 0 Å². The van der Waals surface area contributed by atoms with Crippen molar-refractivity contribution in [2.75, 3.05) is 25.1 Å². The number of thioether (sulfide) groups is 1. The largest absolute Gasteiger partial charge is 0.384 e. The highest BCUT2D eigenvalue weighted by Gasteiger charge is 2.23. The summed E-state index contributed by atoms with van der Waals surface area (Å²) in [6.45, 7) is 5.14. The Morgan fingerprint density at radius 1 is 1.23 bits per heavy atom. The molecule has 5 nitrogen and oxygen atoms in total. The molecule has 0 bridgehead atoms. The van der Waals surface area contributed by atoms with Gasteiger partial charge in [-0.15, -0.1) is 11.8 Å². The molecule has 1 atom stereocenters. The summed E-state index contributed by atoms with van der Waals surface area (Å²) in [5, 5.41) is 4.40. The number of aromatic nitrogens is 3. The van der Waals surface area contributed by atoms with E-state index in [4.69, 9.17) is 10.7 Å². The number of nitrogens with zero attached hydrogens (tertiary/aromatic N) is 4. The maximum atomic E-state index is 6.21. The average Bonchev–Trinajstić information content (AvgIpc) is 3.03. The van der Waals surface area contributed by atoms with Crippen LogP contribution in [-0.4, -0.2) is 38.8 Å². The first-order valence-corrected chi connectivity index (χ1v) is 10.3. The summed E-state index contributed by atoms with van der Waals surface area (Å²) in [6.07, 6.45) is 4.47. The number of hydrogen-bond donors (Lipinski definition) is 1. The molecular weight excluding hydrogens is 342 g/mol. The Bertz CT molecular complexity index is 902. The molecule has 1 saturated heterocycles. The first-order valence-electron chi connectivity index (χ1n) is 9.10. The molecule has 0 unspecified atom stereocenters. The number of likely N-dealkylation sites (tertiary alicyclic amines) is 1. The van der Waals surface area contributed by atoms with Crippen LogP contribution in [0.4, 0.5) is 5.82 Å². The van der Waals surface area contributed by atoms with Gasteiger partial charge < -0.3 is 5.73 Å². The third-order valence-corrected chi connectivity index (χ3v) is 5.83. The minimum Gasteiger partial charge on any atom is -0.384 e. The fraction of sp³-hybridized carbons (Fsp3) is 0.400. The topological polar surface area (TPSA) is 59.5 Å². The zero-order valence-corrected chi connectivity index (χ0v) is 16.2. The lowest BCUT2D eigenvalue weighted by molar-refractivity contribution is 0.198. The molecule has 0 amide bonds. The van der Waals surface area contributed by atoms with Gasteiger partial charge in [0, 0.05) is 36.0 Å². The van der Waals surface area contributed by atoms with Crippen LogP contribution in [0.5, 0.6) is 0 Å². The second-order valence-electron chi connectivity index (χ2n) is 7.08. The van der Waals surface area contributed by atoms with Crippen molar-refractivity contribution in [3.8, 4) is 0 Å². The molecule has 4 rings (SSSR count). The Labute approximate surface area is 158 Å². The van der Waals surface area contributed by atoms with Gasteiger partial charge in [-0.05, 0) is 50.3 Å². The second kappa shape index (κ2) is 7.29. The average molecular weight is 368 g/mol. The van der Waals surface area contributed by atoms with Crippen molar-refractivity contribution in [3.05, 3.63) is 53.3 Å². The van der Waals surface area contributed by atoms with Gasteiger partial charge in [0.05, 0.1) is 11.4 Å². The summed E-state index contributed by atoms with van der Waals surface area (Å²) < 4.78 is 1.73. The molecule has 6 heteroatoms. The Balaban J connectivity index is 1.51. The Morgan fingerprint density at radius 3 is 2.81 bits per heavy atom. The minimum atomic E-state index is 0.428. The molecule has 3 heterocycles. The SMILES string of the molecule is CSc1ccc(CN2CCC[C@H](c3cc(N)n4nc(C)cc4n3)C2)cc1. The van der Waals surface area contributed by atoms with E-state index in [9.17, 15) is 0 Å². The lowest BCUT2D eigenvalue weighted by Gasteiger charge is -2.32. The second-order valence-corrected chi connectivity index (χ2v) is 7.96. The van der Waals surface area contributed by atoms with E-state index < -0.39 is 0 Å². The highest BCUT2D eigenvalue weighted by molar-refractivity contribution is 7.98. The van der Waals surface area contributed by atoms with Gasteiger partial charge in [-0.1, -0.05) is 12.1 Å². The fourth-order valence-corrected chi connectivity index (χ4v) is 4.18. The molecule has 1 aliphatic heterocycles. The van der Waals surface area contributed by atoms with Crippen molar-refractivity contribution in [1.29, 1.82) is 0 Å². The van der Waals surface area contributed by atoms with Crippen LogP contribution in [0, 0.1) is 6.92 Å². The molecule has 2 aromatic heterocycles. The number of hydrogen-bond acceptors (Lipinski definition) is 5. The van der Waals surface area contributed by atoms with Gasteiger partial charge in [0.15, 0.2) is 5.65 Å². The van der Waals surface area contributed by atoms with Crippen molar-refractivity contribution in [3.63, 3.8) is 0 Å². The number of nitrogens with two attached hydrogens (primary N) is 1. The predicted octanol–water partition coefficient (Wildman–Crippen LogP) is 3.72. The van der Waals surface area contributed by atoms with Crippen molar-refractivity contribution >= 4 is 23.2 Å². The van der Waals surface area contributed by atoms with Gasteiger partial charge in [-0.25, -0.2) is 4.98 Å². The predicted molar refractivity (Wildman–Crippen MR) is 108 cm³/mol. The van der Waals surface area contributed by atoms with E-state index in [2.05, 4.69) is 40.5 Å². The highest BCUT2D eigenvalue weighted by Crippen LogP contribution is 2.28. The van der Waals surface area contributed by atoms with Gasteiger partial charge >= 0.3 is 0 Å². The standard InChI is InChI=1S/C20H25N5S/c1-14-10-20-22-18(11-19(21)25(20)23-14)16-4-3-9-24(13-16)12-15-5-7-17(26-2)8-6-15/h5-8,10-11,16H,3-4,9,12-13,21H2,1-2H3/t16-/m0/s1. The normalized spacial score (nSPS) is 18.5. The first-order chi connectivity index (χ1) is 12.6. The van der Waals surface area contributed by atoms with E-state index in [1.807, 2.05) is 19.1 Å². The Hall–Kier alpha value is -2.05. The number of piperidine rings is 1. The maximum absolute atomic E-state index is 6.21. The number of fused-ring (bicyclic) bond motifs is 1. The van der Waals surface area contributed by atoms with Crippen LogP contribution >= 0.6 is 11.8 Å². The van der Waals surface area contributed by atoms with E-state index >= 15 is 0 Å². The maximum Gasteiger partial charge on any atom is 0.157 e. The zero-order valence-electron chi connectivity index (χ0n) is 15.4. The molecular formula is C20H25N5S. The minimum absolute atomic E-state index is 0.428. The zero-order chi connectivity index (χ0) is 18.1. The number of anilines is 1. The molecule has 0 spiro atoms. The van der Waals surface area contributed by atoms with Crippen LogP contribution in [0.1, 0.15) is 35.7 Å². The lowest BCUT2D eigenvalue weighted by Crippen LogP contribution is -2.34. The van der Waals surface area contributed by atoms with E-state index in [0.717, 1.165) is 43.1 Å². The van der Waals surface area contributed by atoms with Gasteiger partial charge in [-0.3, -0.25) is 4.90 Å². The van der Waals surface area contributed by atoms with Crippen molar-refractivity contribution in [2.24, 2.45) is 0 Å². The number of rotatable bonds is 4. The monoisotopic (exact) mass is 367 g/mol. The Morgan fingerprint density at radius 2 is 2.04 bits per heavy atom. The fourth-order valence-electron chi connectivity index (χ4n) is 3.77.